The number of hydrogen-bond acceptors (Lipinski definition) is 10. The van der Waals surface area contributed by atoms with Gasteiger partial charge in [-0.1, -0.05) is 122 Å². The minimum atomic E-state index is -1.86. The molecule has 4 N–H and O–H groups in total. The van der Waals surface area contributed by atoms with Crippen LogP contribution in [0.3, 0.4) is 0 Å². The minimum Gasteiger partial charge on any atom is -0.479 e. The number of rotatable bonds is 31. The Morgan fingerprint density at radius 2 is 1.08 bits per heavy atom. The van der Waals surface area contributed by atoms with Crippen molar-refractivity contribution in [3.63, 3.8) is 0 Å². The second kappa shape index (κ2) is 29.7. The third kappa shape index (κ3) is 22.4. The average molecular weight is 701 g/mol. The second-order valence-corrected chi connectivity index (χ2v) is 13.4. The number of carbonyl (C=O) groups is 3. The van der Waals surface area contributed by atoms with Gasteiger partial charge in [0.1, 0.15) is 24.9 Å². The van der Waals surface area contributed by atoms with Crippen LogP contribution < -0.4 is 0 Å². The lowest BCUT2D eigenvalue weighted by molar-refractivity contribution is -0.298. The molecule has 0 spiro atoms. The molecule has 49 heavy (non-hydrogen) atoms. The van der Waals surface area contributed by atoms with E-state index in [2.05, 4.69) is 26.0 Å². The number of esters is 2. The van der Waals surface area contributed by atoms with Crippen LogP contribution in [0.5, 0.6) is 0 Å². The van der Waals surface area contributed by atoms with E-state index in [1.807, 2.05) is 0 Å². The summed E-state index contributed by atoms with van der Waals surface area (Å²) in [5.41, 5.74) is 0. The molecule has 1 saturated heterocycles. The van der Waals surface area contributed by atoms with Crippen LogP contribution in [0.15, 0.2) is 12.2 Å². The van der Waals surface area contributed by atoms with Gasteiger partial charge in [-0.25, -0.2) is 4.79 Å². The Morgan fingerprint density at radius 1 is 0.612 bits per heavy atom. The summed E-state index contributed by atoms with van der Waals surface area (Å²) in [4.78, 5) is 36.5. The van der Waals surface area contributed by atoms with E-state index in [9.17, 15) is 34.8 Å². The first-order valence-electron chi connectivity index (χ1n) is 19.2. The molecule has 0 aromatic heterocycles. The second-order valence-electron chi connectivity index (χ2n) is 13.4. The number of aliphatic hydroxyl groups is 3. The lowest BCUT2D eigenvalue weighted by Crippen LogP contribution is -2.60. The van der Waals surface area contributed by atoms with Crippen molar-refractivity contribution in [2.24, 2.45) is 0 Å². The normalized spacial score (nSPS) is 21.5. The molecule has 6 atom stereocenters. The van der Waals surface area contributed by atoms with Crippen LogP contribution in [0.4, 0.5) is 0 Å². The van der Waals surface area contributed by atoms with Crippen LogP contribution in [0.2, 0.25) is 0 Å². The molecule has 1 rings (SSSR count). The number of ether oxygens (including phenoxy) is 4. The van der Waals surface area contributed by atoms with Crippen molar-refractivity contribution in [1.29, 1.82) is 0 Å². The van der Waals surface area contributed by atoms with E-state index in [-0.39, 0.29) is 26.1 Å². The molecule has 11 heteroatoms. The lowest BCUT2D eigenvalue weighted by atomic mass is 9.99. The van der Waals surface area contributed by atoms with Gasteiger partial charge in [-0.05, 0) is 38.5 Å². The third-order valence-corrected chi connectivity index (χ3v) is 8.86. The maximum absolute atomic E-state index is 12.6. The Bertz CT molecular complexity index is 880. The van der Waals surface area contributed by atoms with Gasteiger partial charge in [-0.3, -0.25) is 9.59 Å². The predicted molar refractivity (Wildman–Crippen MR) is 188 cm³/mol. The number of carbonyl (C=O) groups excluding carboxylic acids is 2. The molecule has 1 aliphatic rings. The van der Waals surface area contributed by atoms with E-state index in [1.165, 1.54) is 64.2 Å². The summed E-state index contributed by atoms with van der Waals surface area (Å²) in [6.07, 6.45) is 18.6. The van der Waals surface area contributed by atoms with Crippen molar-refractivity contribution < 1.29 is 53.8 Å². The molecule has 0 bridgehead atoms. The molecule has 0 aromatic carbocycles. The van der Waals surface area contributed by atoms with E-state index in [4.69, 9.17) is 18.9 Å². The summed E-state index contributed by atoms with van der Waals surface area (Å²) >= 11 is 0. The highest BCUT2D eigenvalue weighted by Gasteiger charge is 2.47. The molecule has 0 radical (unpaired) electrons. The van der Waals surface area contributed by atoms with Crippen LogP contribution in [0.1, 0.15) is 162 Å². The Balaban J connectivity index is 2.43. The van der Waals surface area contributed by atoms with Crippen molar-refractivity contribution in [3.05, 3.63) is 12.2 Å². The van der Waals surface area contributed by atoms with Gasteiger partial charge in [0, 0.05) is 12.8 Å². The van der Waals surface area contributed by atoms with Gasteiger partial charge in [0.05, 0.1) is 6.61 Å². The van der Waals surface area contributed by atoms with Gasteiger partial charge in [0.15, 0.2) is 18.5 Å². The van der Waals surface area contributed by atoms with Crippen molar-refractivity contribution in [3.8, 4) is 0 Å². The fourth-order valence-corrected chi connectivity index (χ4v) is 5.75. The molecule has 1 aliphatic heterocycles. The lowest BCUT2D eigenvalue weighted by Gasteiger charge is -2.38. The maximum Gasteiger partial charge on any atom is 0.335 e. The highest BCUT2D eigenvalue weighted by atomic mass is 16.7. The van der Waals surface area contributed by atoms with Gasteiger partial charge in [0.2, 0.25) is 0 Å². The summed E-state index contributed by atoms with van der Waals surface area (Å²) in [7, 11) is 0. The molecular formula is C38H68O11. The Kier molecular flexibility index (Phi) is 27.2. The summed E-state index contributed by atoms with van der Waals surface area (Å²) < 4.78 is 21.6. The molecule has 0 amide bonds. The van der Waals surface area contributed by atoms with Crippen molar-refractivity contribution >= 4 is 17.9 Å². The summed E-state index contributed by atoms with van der Waals surface area (Å²) in [6.45, 7) is 3.74. The van der Waals surface area contributed by atoms with Crippen LogP contribution in [-0.2, 0) is 33.3 Å². The number of aliphatic carboxylic acids is 1. The average Bonchev–Trinajstić information content (AvgIpc) is 3.08. The first-order chi connectivity index (χ1) is 23.7. The van der Waals surface area contributed by atoms with E-state index in [0.717, 1.165) is 57.8 Å². The van der Waals surface area contributed by atoms with Crippen molar-refractivity contribution in [2.75, 3.05) is 13.2 Å². The van der Waals surface area contributed by atoms with Crippen molar-refractivity contribution in [2.45, 2.75) is 198 Å². The van der Waals surface area contributed by atoms with Gasteiger partial charge in [-0.15, -0.1) is 0 Å². The fourth-order valence-electron chi connectivity index (χ4n) is 5.75. The van der Waals surface area contributed by atoms with Gasteiger partial charge in [-0.2, -0.15) is 0 Å². The number of allylic oxidation sites excluding steroid dienone is 2. The first-order valence-corrected chi connectivity index (χ1v) is 19.2. The van der Waals surface area contributed by atoms with Crippen LogP contribution in [0, 0.1) is 0 Å². The molecular weight excluding hydrogens is 632 g/mol. The Morgan fingerprint density at radius 3 is 1.59 bits per heavy atom. The topological polar surface area (TPSA) is 169 Å². The highest BCUT2D eigenvalue weighted by Crippen LogP contribution is 2.23. The summed E-state index contributed by atoms with van der Waals surface area (Å²) in [5.74, 6) is -2.45. The molecule has 1 heterocycles. The highest BCUT2D eigenvalue weighted by molar-refractivity contribution is 5.73. The van der Waals surface area contributed by atoms with Crippen LogP contribution in [0.25, 0.3) is 0 Å². The van der Waals surface area contributed by atoms with Gasteiger partial charge in [0.25, 0.3) is 0 Å². The van der Waals surface area contributed by atoms with Gasteiger partial charge >= 0.3 is 17.9 Å². The SMILES string of the molecule is CCCCCCC/C=C\CCCCCCCC(=O)OCC(COC1OC(C(=O)O)C(O)C(O)C1O)OC(=O)CCCCCCCCCCC. The largest absolute Gasteiger partial charge is 0.479 e. The molecule has 0 saturated carbocycles. The predicted octanol–water partition coefficient (Wildman–Crippen LogP) is 6.92. The maximum atomic E-state index is 12.6. The molecule has 0 aromatic rings. The third-order valence-electron chi connectivity index (χ3n) is 8.86. The number of unbranched alkanes of at least 4 members (excludes halogenated alkanes) is 18. The van der Waals surface area contributed by atoms with Crippen LogP contribution in [-0.4, -0.2) is 88.4 Å². The monoisotopic (exact) mass is 700 g/mol. The number of aliphatic hydroxyl groups excluding tert-OH is 3. The number of carboxylic acid groups (broad SMARTS) is 1. The summed E-state index contributed by atoms with van der Waals surface area (Å²) in [5, 5.41) is 39.6. The van der Waals surface area contributed by atoms with E-state index in [1.54, 1.807) is 0 Å². The van der Waals surface area contributed by atoms with Crippen LogP contribution >= 0.6 is 0 Å². The van der Waals surface area contributed by atoms with E-state index >= 15 is 0 Å². The smallest absolute Gasteiger partial charge is 0.335 e. The number of hydrogen-bond donors (Lipinski definition) is 4. The molecule has 11 nitrogen and oxygen atoms in total. The van der Waals surface area contributed by atoms with Crippen molar-refractivity contribution in [1.82, 2.24) is 0 Å². The summed E-state index contributed by atoms with van der Waals surface area (Å²) in [6, 6.07) is 0. The zero-order valence-corrected chi connectivity index (χ0v) is 30.4. The first kappa shape index (κ1) is 45.0. The molecule has 1 fully saturated rings. The molecule has 286 valence electrons. The Labute approximate surface area is 295 Å². The number of carboxylic acids is 1. The minimum absolute atomic E-state index is 0.184. The molecule has 0 aliphatic carbocycles. The fraction of sp³-hybridized carbons (Fsp3) is 0.868. The Hall–Kier alpha value is -2.05. The quantitative estimate of drug-likeness (QED) is 0.0337. The standard InChI is InChI=1S/C38H68O11/c1-3-5-7-9-11-13-14-15-16-17-19-20-22-24-26-31(39)46-28-30(48-32(40)27-25-23-21-18-12-10-8-6-4-2)29-47-38-35(43)33(41)34(42)36(49-38)37(44)45/h14-15,30,33-36,38,41-43H,3-13,16-29H2,1-2H3,(H,44,45)/b15-14-. The zero-order valence-electron chi connectivity index (χ0n) is 30.4. The zero-order chi connectivity index (χ0) is 36.1. The van der Waals surface area contributed by atoms with Gasteiger partial charge < -0.3 is 39.4 Å². The van der Waals surface area contributed by atoms with E-state index < -0.39 is 54.7 Å². The molecule has 6 unspecified atom stereocenters. The van der Waals surface area contributed by atoms with E-state index in [0.29, 0.717) is 12.8 Å².